The molecule has 7 heteroatoms. The maximum atomic E-state index is 5.29. The highest BCUT2D eigenvalue weighted by atomic mass is 127. The maximum Gasteiger partial charge on any atom is 0.191 e. The molecule has 146 valence electrons. The fraction of sp³-hybridized carbons (Fsp3) is 0.400. The Morgan fingerprint density at radius 2 is 2.11 bits per heavy atom. The Hall–Kier alpha value is -2.03. The van der Waals surface area contributed by atoms with Crippen LogP contribution in [0.15, 0.2) is 40.0 Å². The third-order valence-electron chi connectivity index (χ3n) is 4.39. The molecule has 0 bridgehead atoms. The number of nitrogens with one attached hydrogen (secondary N) is 3. The average Bonchev–Trinajstić information content (AvgIpc) is 3.27. The number of halogens is 1. The number of aromatic amines is 1. The summed E-state index contributed by atoms with van der Waals surface area (Å²) in [6.45, 7) is 8.38. The van der Waals surface area contributed by atoms with Crippen molar-refractivity contribution in [1.29, 1.82) is 0 Å². The first-order chi connectivity index (χ1) is 12.7. The summed E-state index contributed by atoms with van der Waals surface area (Å²) >= 11 is 0. The van der Waals surface area contributed by atoms with Crippen LogP contribution >= 0.6 is 24.0 Å². The first kappa shape index (κ1) is 21.3. The first-order valence-electron chi connectivity index (χ1n) is 9.23. The van der Waals surface area contributed by atoms with Crippen LogP contribution in [0.3, 0.4) is 0 Å². The molecule has 0 radical (unpaired) electrons. The van der Waals surface area contributed by atoms with Gasteiger partial charge >= 0.3 is 0 Å². The van der Waals surface area contributed by atoms with Crippen LogP contribution in [0.5, 0.6) is 0 Å². The minimum Gasteiger partial charge on any atom is -0.361 e. The van der Waals surface area contributed by atoms with Crippen molar-refractivity contribution in [1.82, 2.24) is 20.8 Å². The molecule has 0 fully saturated rings. The summed E-state index contributed by atoms with van der Waals surface area (Å²) < 4.78 is 5.29. The van der Waals surface area contributed by atoms with Gasteiger partial charge in [-0.2, -0.15) is 0 Å². The molecule has 0 amide bonds. The third kappa shape index (κ3) is 5.47. The molecule has 0 aliphatic carbocycles. The molecule has 0 unspecified atom stereocenters. The summed E-state index contributed by atoms with van der Waals surface area (Å²) in [7, 11) is 0. The van der Waals surface area contributed by atoms with Gasteiger partial charge in [-0.05, 0) is 43.9 Å². The van der Waals surface area contributed by atoms with Crippen molar-refractivity contribution in [3.8, 4) is 0 Å². The monoisotopic (exact) mass is 481 g/mol. The number of rotatable bonds is 7. The predicted molar refractivity (Wildman–Crippen MR) is 121 cm³/mol. The molecule has 3 rings (SSSR count). The van der Waals surface area contributed by atoms with Crippen LogP contribution in [0.2, 0.25) is 0 Å². The highest BCUT2D eigenvalue weighted by molar-refractivity contribution is 14.0. The number of aliphatic imine (C=N–C) groups is 1. The van der Waals surface area contributed by atoms with Gasteiger partial charge in [0.1, 0.15) is 6.54 Å². The van der Waals surface area contributed by atoms with E-state index in [9.17, 15) is 0 Å². The molecule has 3 N–H and O–H groups in total. The third-order valence-corrected chi connectivity index (χ3v) is 4.39. The van der Waals surface area contributed by atoms with Gasteiger partial charge in [0, 0.05) is 36.3 Å². The van der Waals surface area contributed by atoms with Crippen molar-refractivity contribution in [2.45, 2.75) is 40.2 Å². The van der Waals surface area contributed by atoms with Crippen molar-refractivity contribution < 1.29 is 4.52 Å². The predicted octanol–water partition coefficient (Wildman–Crippen LogP) is 3.94. The van der Waals surface area contributed by atoms with Gasteiger partial charge in [-0.3, -0.25) is 0 Å². The van der Waals surface area contributed by atoms with E-state index >= 15 is 0 Å². The molecule has 1 aromatic carbocycles. The van der Waals surface area contributed by atoms with E-state index in [1.54, 1.807) is 0 Å². The molecule has 2 heterocycles. The summed E-state index contributed by atoms with van der Waals surface area (Å²) in [5, 5.41) is 12.0. The van der Waals surface area contributed by atoms with E-state index in [4.69, 9.17) is 4.52 Å². The van der Waals surface area contributed by atoms with E-state index in [1.165, 1.54) is 22.0 Å². The number of guanidine groups is 1. The van der Waals surface area contributed by atoms with Crippen molar-refractivity contribution in [2.24, 2.45) is 4.99 Å². The number of fused-ring (bicyclic) bond motifs is 1. The van der Waals surface area contributed by atoms with Crippen LogP contribution in [-0.4, -0.2) is 29.2 Å². The molecular weight excluding hydrogens is 453 g/mol. The zero-order chi connectivity index (χ0) is 18.4. The van der Waals surface area contributed by atoms with Crippen LogP contribution in [0.1, 0.15) is 36.4 Å². The molecule has 0 atom stereocenters. The molecule has 0 aliphatic rings. The largest absolute Gasteiger partial charge is 0.361 e. The van der Waals surface area contributed by atoms with Crippen molar-refractivity contribution in [3.63, 3.8) is 0 Å². The fourth-order valence-corrected chi connectivity index (χ4v) is 3.06. The summed E-state index contributed by atoms with van der Waals surface area (Å²) in [4.78, 5) is 7.94. The number of hydrogen-bond donors (Lipinski definition) is 3. The van der Waals surface area contributed by atoms with E-state index in [0.717, 1.165) is 43.3 Å². The van der Waals surface area contributed by atoms with Crippen molar-refractivity contribution >= 4 is 40.8 Å². The Morgan fingerprint density at radius 1 is 1.26 bits per heavy atom. The smallest absolute Gasteiger partial charge is 0.191 e. The highest BCUT2D eigenvalue weighted by Gasteiger charge is 2.07. The van der Waals surface area contributed by atoms with Gasteiger partial charge in [0.15, 0.2) is 11.7 Å². The Morgan fingerprint density at radius 3 is 2.85 bits per heavy atom. The molecule has 0 spiro atoms. The summed E-state index contributed by atoms with van der Waals surface area (Å²) in [6, 6.07) is 8.31. The van der Waals surface area contributed by atoms with Gasteiger partial charge < -0.3 is 20.1 Å². The lowest BCUT2D eigenvalue weighted by molar-refractivity contribution is 0.379. The highest BCUT2D eigenvalue weighted by Crippen LogP contribution is 2.22. The van der Waals surface area contributed by atoms with Crippen LogP contribution in [0.25, 0.3) is 10.9 Å². The van der Waals surface area contributed by atoms with E-state index in [-0.39, 0.29) is 24.0 Å². The molecule has 0 saturated heterocycles. The number of H-pyrrole nitrogens is 1. The zero-order valence-corrected chi connectivity index (χ0v) is 18.5. The quantitative estimate of drug-likeness (QED) is 0.272. The summed E-state index contributed by atoms with van der Waals surface area (Å²) in [6.07, 6.45) is 3.90. The Bertz CT molecular complexity index is 884. The van der Waals surface area contributed by atoms with Gasteiger partial charge in [-0.25, -0.2) is 4.99 Å². The number of aromatic nitrogens is 2. The molecular formula is C20H28IN5O. The lowest BCUT2D eigenvalue weighted by atomic mass is 10.1. The van der Waals surface area contributed by atoms with Crippen LogP contribution in [0, 0.1) is 6.92 Å². The standard InChI is InChI=1S/C20H27N5O.HI/c1-4-16-11-17(26-25-16)13-24-20(21-5-2)22-10-9-15-12-23-18-8-6-7-14(3)19(15)18;/h6-8,11-12,23H,4-5,9-10,13H2,1-3H3,(H2,21,22,24);1H. The minimum atomic E-state index is 0. The van der Waals surface area contributed by atoms with E-state index < -0.39 is 0 Å². The SMILES string of the molecule is CCNC(=NCc1cc(CC)no1)NCCc1c[nH]c2cccc(C)c12.I. The molecule has 2 aromatic heterocycles. The average molecular weight is 481 g/mol. The lowest BCUT2D eigenvalue weighted by Crippen LogP contribution is -2.38. The molecule has 6 nitrogen and oxygen atoms in total. The fourth-order valence-electron chi connectivity index (χ4n) is 3.06. The van der Waals surface area contributed by atoms with Crippen molar-refractivity contribution in [2.75, 3.05) is 13.1 Å². The normalized spacial score (nSPS) is 11.4. The van der Waals surface area contributed by atoms with Gasteiger partial charge in [0.25, 0.3) is 0 Å². The first-order valence-corrected chi connectivity index (χ1v) is 9.23. The number of nitrogens with zero attached hydrogens (tertiary/aromatic N) is 2. The van der Waals surface area contributed by atoms with Crippen molar-refractivity contribution in [3.05, 3.63) is 53.0 Å². The van der Waals surface area contributed by atoms with E-state index in [1.807, 2.05) is 6.07 Å². The van der Waals surface area contributed by atoms with Gasteiger partial charge in [0.2, 0.25) is 0 Å². The molecule has 27 heavy (non-hydrogen) atoms. The summed E-state index contributed by atoms with van der Waals surface area (Å²) in [5.74, 6) is 1.57. The Balaban J connectivity index is 0.00000261. The van der Waals surface area contributed by atoms with E-state index in [2.05, 4.69) is 70.9 Å². The topological polar surface area (TPSA) is 78.2 Å². The van der Waals surface area contributed by atoms with Gasteiger partial charge in [-0.1, -0.05) is 24.2 Å². The molecule has 0 aliphatic heterocycles. The Kier molecular flexibility index (Phi) is 8.15. The molecule has 0 saturated carbocycles. The second kappa shape index (κ2) is 10.3. The minimum absolute atomic E-state index is 0. The molecule has 3 aromatic rings. The van der Waals surface area contributed by atoms with Gasteiger partial charge in [-0.15, -0.1) is 24.0 Å². The lowest BCUT2D eigenvalue weighted by Gasteiger charge is -2.11. The Labute approximate surface area is 177 Å². The number of benzene rings is 1. The summed E-state index contributed by atoms with van der Waals surface area (Å²) in [5.41, 5.74) is 4.78. The number of hydrogen-bond acceptors (Lipinski definition) is 3. The second-order valence-electron chi connectivity index (χ2n) is 6.32. The van der Waals surface area contributed by atoms with Crippen LogP contribution in [0.4, 0.5) is 0 Å². The van der Waals surface area contributed by atoms with E-state index in [0.29, 0.717) is 6.54 Å². The maximum absolute atomic E-state index is 5.29. The second-order valence-corrected chi connectivity index (χ2v) is 6.32. The number of aryl methyl sites for hydroxylation is 2. The van der Waals surface area contributed by atoms with Crippen LogP contribution < -0.4 is 10.6 Å². The zero-order valence-electron chi connectivity index (χ0n) is 16.1. The van der Waals surface area contributed by atoms with Gasteiger partial charge in [0.05, 0.1) is 5.69 Å². The van der Waals surface area contributed by atoms with Crippen LogP contribution in [-0.2, 0) is 19.4 Å².